The van der Waals surface area contributed by atoms with Crippen molar-refractivity contribution >= 4 is 5.97 Å². The van der Waals surface area contributed by atoms with E-state index in [0.29, 0.717) is 6.42 Å². The van der Waals surface area contributed by atoms with E-state index in [1.54, 1.807) is 14.2 Å². The number of likely N-dealkylation sites (tertiary alicyclic amines) is 1. The van der Waals surface area contributed by atoms with E-state index in [-0.39, 0.29) is 6.04 Å². The van der Waals surface area contributed by atoms with Crippen LogP contribution in [-0.2, 0) is 4.79 Å². The molecule has 0 spiro atoms. The van der Waals surface area contributed by atoms with Crippen molar-refractivity contribution in [3.63, 3.8) is 0 Å². The van der Waals surface area contributed by atoms with E-state index in [1.165, 1.54) is 0 Å². The highest BCUT2D eigenvalue weighted by Gasteiger charge is 2.38. The summed E-state index contributed by atoms with van der Waals surface area (Å²) in [5.74, 6) is 0.684. The van der Waals surface area contributed by atoms with Gasteiger partial charge in [0.2, 0.25) is 0 Å². The molecule has 3 rings (SSSR count). The van der Waals surface area contributed by atoms with Gasteiger partial charge in [-0.15, -0.1) is 0 Å². The van der Waals surface area contributed by atoms with Gasteiger partial charge in [0, 0.05) is 12.1 Å². The molecule has 26 heavy (non-hydrogen) atoms. The first kappa shape index (κ1) is 18.3. The summed E-state index contributed by atoms with van der Waals surface area (Å²) >= 11 is 0. The molecule has 2 aromatic rings. The van der Waals surface area contributed by atoms with Crippen LogP contribution in [-0.4, -0.2) is 42.8 Å². The lowest BCUT2D eigenvalue weighted by Gasteiger charge is -2.33. The highest BCUT2D eigenvalue weighted by atomic mass is 16.5. The molecule has 0 saturated carbocycles. The third kappa shape index (κ3) is 3.40. The number of nitrogens with zero attached hydrogens (tertiary/aromatic N) is 1. The lowest BCUT2D eigenvalue weighted by Crippen LogP contribution is -2.39. The molecule has 1 N–H and O–H groups in total. The minimum atomic E-state index is -0.775. The number of ether oxygens (including phenoxy) is 2. The highest BCUT2D eigenvalue weighted by Crippen LogP contribution is 2.41. The number of aliphatic carboxylic acids is 1. The maximum Gasteiger partial charge on any atom is 0.320 e. The van der Waals surface area contributed by atoms with E-state index in [0.717, 1.165) is 41.2 Å². The van der Waals surface area contributed by atoms with E-state index < -0.39 is 12.0 Å². The number of carboxylic acids is 1. The summed E-state index contributed by atoms with van der Waals surface area (Å²) in [5.41, 5.74) is 3.14. The smallest absolute Gasteiger partial charge is 0.320 e. The molecule has 1 fully saturated rings. The maximum atomic E-state index is 11.8. The van der Waals surface area contributed by atoms with Crippen LogP contribution in [0.4, 0.5) is 0 Å². The Hall–Kier alpha value is -2.53. The highest BCUT2D eigenvalue weighted by molar-refractivity contribution is 5.74. The summed E-state index contributed by atoms with van der Waals surface area (Å²) in [6, 6.07) is 13.1. The molecule has 0 bridgehead atoms. The van der Waals surface area contributed by atoms with Crippen molar-refractivity contribution in [3.05, 3.63) is 59.2 Å². The predicted molar refractivity (Wildman–Crippen MR) is 99.9 cm³/mol. The van der Waals surface area contributed by atoms with Gasteiger partial charge in [-0.25, -0.2) is 0 Å². The molecule has 1 heterocycles. The topological polar surface area (TPSA) is 59.0 Å². The number of methoxy groups -OCH3 is 2. The Labute approximate surface area is 154 Å². The first-order chi connectivity index (χ1) is 12.6. The van der Waals surface area contributed by atoms with Crippen molar-refractivity contribution in [2.45, 2.75) is 31.8 Å². The zero-order valence-electron chi connectivity index (χ0n) is 15.4. The van der Waals surface area contributed by atoms with Crippen LogP contribution in [0.25, 0.3) is 0 Å². The molecule has 0 radical (unpaired) electrons. The minimum Gasteiger partial charge on any atom is -0.497 e. The molecule has 2 unspecified atom stereocenters. The third-order valence-corrected chi connectivity index (χ3v) is 5.13. The van der Waals surface area contributed by atoms with E-state index >= 15 is 0 Å². The second kappa shape index (κ2) is 7.79. The zero-order valence-corrected chi connectivity index (χ0v) is 15.4. The van der Waals surface area contributed by atoms with E-state index in [9.17, 15) is 9.90 Å². The van der Waals surface area contributed by atoms with Gasteiger partial charge in [-0.05, 0) is 49.1 Å². The zero-order chi connectivity index (χ0) is 18.7. The van der Waals surface area contributed by atoms with Crippen molar-refractivity contribution in [1.29, 1.82) is 0 Å². The van der Waals surface area contributed by atoms with Crippen molar-refractivity contribution in [1.82, 2.24) is 4.90 Å². The monoisotopic (exact) mass is 355 g/mol. The Kier molecular flexibility index (Phi) is 5.47. The number of carbonyl (C=O) groups is 1. The summed E-state index contributed by atoms with van der Waals surface area (Å²) in [4.78, 5) is 13.9. The van der Waals surface area contributed by atoms with E-state index in [4.69, 9.17) is 9.47 Å². The van der Waals surface area contributed by atoms with Crippen LogP contribution in [0.3, 0.4) is 0 Å². The fourth-order valence-electron chi connectivity index (χ4n) is 3.83. The largest absolute Gasteiger partial charge is 0.497 e. The summed E-state index contributed by atoms with van der Waals surface area (Å²) in [7, 11) is 3.27. The molecule has 1 saturated heterocycles. The van der Waals surface area contributed by atoms with Crippen molar-refractivity contribution in [2.24, 2.45) is 0 Å². The van der Waals surface area contributed by atoms with Gasteiger partial charge in [-0.2, -0.15) is 0 Å². The van der Waals surface area contributed by atoms with Gasteiger partial charge >= 0.3 is 5.97 Å². The van der Waals surface area contributed by atoms with Crippen molar-refractivity contribution < 1.29 is 19.4 Å². The van der Waals surface area contributed by atoms with Gasteiger partial charge in [0.15, 0.2) is 0 Å². The standard InChI is InChI=1S/C21H25NO4/c1-14-7-4-5-8-16(14)20(22-12-6-9-18(22)21(23)24)17-13-15(25-2)10-11-19(17)26-3/h4-5,7-8,10-11,13,18,20H,6,9,12H2,1-3H3,(H,23,24). The summed E-state index contributed by atoms with van der Waals surface area (Å²) in [6.45, 7) is 2.79. The van der Waals surface area contributed by atoms with Crippen LogP contribution >= 0.6 is 0 Å². The summed E-state index contributed by atoms with van der Waals surface area (Å²) in [6.07, 6.45) is 1.52. The number of hydrogen-bond acceptors (Lipinski definition) is 4. The Bertz CT molecular complexity index is 789. The minimum absolute atomic E-state index is 0.204. The third-order valence-electron chi connectivity index (χ3n) is 5.13. The molecule has 2 aromatic carbocycles. The van der Waals surface area contributed by atoms with E-state index in [1.807, 2.05) is 30.3 Å². The van der Waals surface area contributed by atoms with Crippen LogP contribution in [0.15, 0.2) is 42.5 Å². The van der Waals surface area contributed by atoms with Crippen LogP contribution in [0.5, 0.6) is 11.5 Å². The summed E-state index contributed by atoms with van der Waals surface area (Å²) in [5, 5.41) is 9.73. The normalized spacial score (nSPS) is 18.5. The molecule has 1 aliphatic heterocycles. The van der Waals surface area contributed by atoms with Crippen molar-refractivity contribution in [3.8, 4) is 11.5 Å². The number of aryl methyl sites for hydroxylation is 1. The lowest BCUT2D eigenvalue weighted by atomic mass is 9.92. The fraction of sp³-hybridized carbons (Fsp3) is 0.381. The first-order valence-corrected chi connectivity index (χ1v) is 8.82. The van der Waals surface area contributed by atoms with Crippen LogP contribution in [0, 0.1) is 6.92 Å². The summed E-state index contributed by atoms with van der Waals surface area (Å²) < 4.78 is 11.0. The Morgan fingerprint density at radius 1 is 1.15 bits per heavy atom. The fourth-order valence-corrected chi connectivity index (χ4v) is 3.83. The average Bonchev–Trinajstić information content (AvgIpc) is 3.13. The molecule has 0 aliphatic carbocycles. The van der Waals surface area contributed by atoms with Crippen LogP contribution < -0.4 is 9.47 Å². The van der Waals surface area contributed by atoms with Crippen LogP contribution in [0.2, 0.25) is 0 Å². The van der Waals surface area contributed by atoms with Crippen LogP contribution in [0.1, 0.15) is 35.6 Å². The van der Waals surface area contributed by atoms with Gasteiger partial charge in [-0.3, -0.25) is 9.69 Å². The van der Waals surface area contributed by atoms with Gasteiger partial charge < -0.3 is 14.6 Å². The van der Waals surface area contributed by atoms with Gasteiger partial charge in [-0.1, -0.05) is 24.3 Å². The Morgan fingerprint density at radius 3 is 2.58 bits per heavy atom. The second-order valence-electron chi connectivity index (χ2n) is 6.60. The quantitative estimate of drug-likeness (QED) is 0.857. The Morgan fingerprint density at radius 2 is 1.92 bits per heavy atom. The molecule has 5 nitrogen and oxygen atoms in total. The number of rotatable bonds is 6. The van der Waals surface area contributed by atoms with Gasteiger partial charge in [0.1, 0.15) is 17.5 Å². The molecule has 138 valence electrons. The lowest BCUT2D eigenvalue weighted by molar-refractivity contribution is -0.142. The average molecular weight is 355 g/mol. The maximum absolute atomic E-state index is 11.8. The predicted octanol–water partition coefficient (Wildman–Crippen LogP) is 3.65. The molecule has 0 amide bonds. The van der Waals surface area contributed by atoms with E-state index in [2.05, 4.69) is 24.0 Å². The Balaban J connectivity index is 2.19. The molecular formula is C21H25NO4. The molecule has 0 aromatic heterocycles. The SMILES string of the molecule is COc1ccc(OC)c(C(c2ccccc2C)N2CCCC2C(=O)O)c1. The number of carboxylic acid groups (broad SMARTS) is 1. The molecule has 5 heteroatoms. The second-order valence-corrected chi connectivity index (χ2v) is 6.60. The van der Waals surface area contributed by atoms with Gasteiger partial charge in [0.25, 0.3) is 0 Å². The number of hydrogen-bond donors (Lipinski definition) is 1. The molecule has 2 atom stereocenters. The van der Waals surface area contributed by atoms with Crippen molar-refractivity contribution in [2.75, 3.05) is 20.8 Å². The number of benzene rings is 2. The molecular weight excluding hydrogens is 330 g/mol. The molecule has 1 aliphatic rings. The van der Waals surface area contributed by atoms with Gasteiger partial charge in [0.05, 0.1) is 20.3 Å². The first-order valence-electron chi connectivity index (χ1n) is 8.82.